The maximum atomic E-state index is 13.1. The van der Waals surface area contributed by atoms with Crippen molar-refractivity contribution in [2.24, 2.45) is 0 Å². The highest BCUT2D eigenvalue weighted by Gasteiger charge is 2.14. The number of carbonyl (C=O) groups is 1. The van der Waals surface area contributed by atoms with E-state index in [1.54, 1.807) is 31.2 Å². The van der Waals surface area contributed by atoms with Crippen LogP contribution in [0.2, 0.25) is 10.0 Å². The van der Waals surface area contributed by atoms with Crippen LogP contribution in [-0.4, -0.2) is 5.91 Å². The van der Waals surface area contributed by atoms with E-state index in [4.69, 9.17) is 23.2 Å². The van der Waals surface area contributed by atoms with Gasteiger partial charge in [0.1, 0.15) is 5.82 Å². The number of benzene rings is 2. The van der Waals surface area contributed by atoms with E-state index in [-0.39, 0.29) is 17.5 Å². The van der Waals surface area contributed by atoms with Gasteiger partial charge in [-0.05, 0) is 42.8 Å². The van der Waals surface area contributed by atoms with Crippen LogP contribution >= 0.6 is 23.2 Å². The van der Waals surface area contributed by atoms with Crippen LogP contribution in [0.3, 0.4) is 0 Å². The number of hydrogen-bond acceptors (Lipinski definition) is 1. The topological polar surface area (TPSA) is 29.1 Å². The zero-order valence-corrected chi connectivity index (χ0v) is 12.2. The van der Waals surface area contributed by atoms with Gasteiger partial charge in [0.15, 0.2) is 0 Å². The number of carbonyl (C=O) groups excluding carboxylic acids is 1. The molecule has 0 radical (unpaired) electrons. The van der Waals surface area contributed by atoms with Crippen molar-refractivity contribution >= 4 is 29.1 Å². The third-order valence-corrected chi connectivity index (χ3v) is 3.43. The molecule has 0 heterocycles. The molecule has 1 N–H and O–H groups in total. The van der Waals surface area contributed by atoms with Crippen molar-refractivity contribution in [3.63, 3.8) is 0 Å². The Kier molecular flexibility index (Phi) is 4.63. The summed E-state index contributed by atoms with van der Waals surface area (Å²) in [6.45, 7) is 1.80. The molecule has 0 aromatic heterocycles. The highest BCUT2D eigenvalue weighted by atomic mass is 35.5. The fourth-order valence-corrected chi connectivity index (χ4v) is 2.41. The Morgan fingerprint density at radius 1 is 1.20 bits per heavy atom. The van der Waals surface area contributed by atoms with E-state index in [0.717, 1.165) is 5.56 Å². The standard InChI is InChI=1S/C15H12Cl2FNO/c1-9(13-6-5-11(16)8-14(13)17)19-15(20)10-3-2-4-12(18)7-10/h2-9H,1H3,(H,19,20). The molecule has 0 fully saturated rings. The van der Waals surface area contributed by atoms with Gasteiger partial charge < -0.3 is 5.32 Å². The monoisotopic (exact) mass is 311 g/mol. The molecule has 1 atom stereocenters. The van der Waals surface area contributed by atoms with Gasteiger partial charge in [-0.3, -0.25) is 4.79 Å². The first-order valence-electron chi connectivity index (χ1n) is 5.99. The Hall–Kier alpha value is -1.58. The van der Waals surface area contributed by atoms with Crippen molar-refractivity contribution in [3.8, 4) is 0 Å². The maximum Gasteiger partial charge on any atom is 0.251 e. The lowest BCUT2D eigenvalue weighted by Crippen LogP contribution is -2.26. The van der Waals surface area contributed by atoms with Crippen LogP contribution in [0.25, 0.3) is 0 Å². The zero-order valence-electron chi connectivity index (χ0n) is 10.7. The number of halogens is 3. The first-order valence-corrected chi connectivity index (χ1v) is 6.74. The molecule has 5 heteroatoms. The molecule has 0 bridgehead atoms. The number of amides is 1. The van der Waals surface area contributed by atoms with E-state index in [9.17, 15) is 9.18 Å². The molecule has 2 aromatic rings. The molecule has 0 saturated heterocycles. The van der Waals surface area contributed by atoms with E-state index in [1.807, 2.05) is 0 Å². The number of rotatable bonds is 3. The minimum absolute atomic E-state index is 0.266. The summed E-state index contributed by atoms with van der Waals surface area (Å²) in [5.41, 5.74) is 1.02. The minimum atomic E-state index is -0.449. The molecular weight excluding hydrogens is 300 g/mol. The van der Waals surface area contributed by atoms with E-state index in [2.05, 4.69) is 5.32 Å². The largest absolute Gasteiger partial charge is 0.345 e. The second-order valence-corrected chi connectivity index (χ2v) is 5.21. The molecule has 0 aliphatic carbocycles. The van der Waals surface area contributed by atoms with Crippen molar-refractivity contribution in [3.05, 3.63) is 69.5 Å². The van der Waals surface area contributed by atoms with Gasteiger partial charge in [-0.25, -0.2) is 4.39 Å². The SMILES string of the molecule is CC(NC(=O)c1cccc(F)c1)c1ccc(Cl)cc1Cl. The van der Waals surface area contributed by atoms with Crippen molar-refractivity contribution in [2.45, 2.75) is 13.0 Å². The summed E-state index contributed by atoms with van der Waals surface area (Å²) in [7, 11) is 0. The Bertz CT molecular complexity index is 646. The van der Waals surface area contributed by atoms with Crippen LogP contribution in [0.4, 0.5) is 4.39 Å². The van der Waals surface area contributed by atoms with Crippen molar-refractivity contribution in [2.75, 3.05) is 0 Å². The molecule has 2 nitrogen and oxygen atoms in total. The molecular formula is C15H12Cl2FNO. The van der Waals surface area contributed by atoms with Gasteiger partial charge in [0.25, 0.3) is 5.91 Å². The maximum absolute atomic E-state index is 13.1. The van der Waals surface area contributed by atoms with E-state index in [0.29, 0.717) is 10.0 Å². The Morgan fingerprint density at radius 2 is 1.95 bits per heavy atom. The summed E-state index contributed by atoms with van der Waals surface area (Å²) >= 11 is 11.9. The number of hydrogen-bond donors (Lipinski definition) is 1. The third-order valence-electron chi connectivity index (χ3n) is 2.86. The van der Waals surface area contributed by atoms with Gasteiger partial charge >= 0.3 is 0 Å². The van der Waals surface area contributed by atoms with E-state index in [1.165, 1.54) is 18.2 Å². The molecule has 0 spiro atoms. The summed E-state index contributed by atoms with van der Waals surface area (Å²) in [5, 5.41) is 3.77. The quantitative estimate of drug-likeness (QED) is 0.880. The Balaban J connectivity index is 2.15. The van der Waals surface area contributed by atoms with E-state index >= 15 is 0 Å². The fraction of sp³-hybridized carbons (Fsp3) is 0.133. The summed E-state index contributed by atoms with van der Waals surface area (Å²) in [6.07, 6.45) is 0. The Morgan fingerprint density at radius 3 is 2.60 bits per heavy atom. The first-order chi connectivity index (χ1) is 9.47. The van der Waals surface area contributed by atoms with Gasteiger partial charge in [0, 0.05) is 15.6 Å². The average Bonchev–Trinajstić information content (AvgIpc) is 2.38. The minimum Gasteiger partial charge on any atom is -0.345 e. The molecule has 2 aromatic carbocycles. The smallest absolute Gasteiger partial charge is 0.251 e. The summed E-state index contributed by atoms with van der Waals surface area (Å²) in [6, 6.07) is 10.3. The molecule has 0 aliphatic rings. The molecule has 0 aliphatic heterocycles. The van der Waals surface area contributed by atoms with Gasteiger partial charge in [-0.1, -0.05) is 35.3 Å². The zero-order chi connectivity index (χ0) is 14.7. The highest BCUT2D eigenvalue weighted by Crippen LogP contribution is 2.26. The highest BCUT2D eigenvalue weighted by molar-refractivity contribution is 6.35. The van der Waals surface area contributed by atoms with E-state index < -0.39 is 5.82 Å². The van der Waals surface area contributed by atoms with Gasteiger partial charge in [-0.2, -0.15) is 0 Å². The molecule has 20 heavy (non-hydrogen) atoms. The van der Waals surface area contributed by atoms with Crippen LogP contribution in [-0.2, 0) is 0 Å². The van der Waals surface area contributed by atoms with Crippen LogP contribution in [0, 0.1) is 5.82 Å². The van der Waals surface area contributed by atoms with Crippen molar-refractivity contribution in [1.29, 1.82) is 0 Å². The molecule has 0 saturated carbocycles. The third kappa shape index (κ3) is 3.50. The fourth-order valence-electron chi connectivity index (χ4n) is 1.84. The molecule has 104 valence electrons. The Labute approximate surface area is 126 Å². The predicted octanol–water partition coefficient (Wildman–Crippen LogP) is 4.62. The van der Waals surface area contributed by atoms with Gasteiger partial charge in [0.05, 0.1) is 6.04 Å². The number of nitrogens with one attached hydrogen (secondary N) is 1. The van der Waals surface area contributed by atoms with Crippen LogP contribution in [0.1, 0.15) is 28.9 Å². The lowest BCUT2D eigenvalue weighted by atomic mass is 10.1. The summed E-state index contributed by atoms with van der Waals surface area (Å²) in [4.78, 5) is 12.0. The second kappa shape index (κ2) is 6.25. The average molecular weight is 312 g/mol. The lowest BCUT2D eigenvalue weighted by Gasteiger charge is -2.16. The summed E-state index contributed by atoms with van der Waals surface area (Å²) < 4.78 is 13.1. The normalized spacial score (nSPS) is 12.0. The van der Waals surface area contributed by atoms with Gasteiger partial charge in [-0.15, -0.1) is 0 Å². The second-order valence-electron chi connectivity index (χ2n) is 4.37. The molecule has 1 unspecified atom stereocenters. The van der Waals surface area contributed by atoms with Crippen molar-refractivity contribution in [1.82, 2.24) is 5.32 Å². The summed E-state index contributed by atoms with van der Waals surface area (Å²) in [5.74, 6) is -0.808. The lowest BCUT2D eigenvalue weighted by molar-refractivity contribution is 0.0939. The van der Waals surface area contributed by atoms with Crippen LogP contribution < -0.4 is 5.32 Å². The molecule has 1 amide bonds. The predicted molar refractivity (Wildman–Crippen MR) is 78.7 cm³/mol. The molecule has 2 rings (SSSR count). The van der Waals surface area contributed by atoms with Gasteiger partial charge in [0.2, 0.25) is 0 Å². The van der Waals surface area contributed by atoms with Crippen LogP contribution in [0.15, 0.2) is 42.5 Å². The van der Waals surface area contributed by atoms with Crippen molar-refractivity contribution < 1.29 is 9.18 Å². The van der Waals surface area contributed by atoms with Crippen LogP contribution in [0.5, 0.6) is 0 Å². The first kappa shape index (κ1) is 14.8.